The zero-order chi connectivity index (χ0) is 28.3. The third-order valence-electron chi connectivity index (χ3n) is 6.18. The van der Waals surface area contributed by atoms with Gasteiger partial charge in [-0.25, -0.2) is 17.4 Å². The van der Waals surface area contributed by atoms with Crippen molar-refractivity contribution in [2.75, 3.05) is 41.5 Å². The lowest BCUT2D eigenvalue weighted by Gasteiger charge is -2.16. The van der Waals surface area contributed by atoms with Gasteiger partial charge >= 0.3 is 0 Å². The molecule has 0 N–H and O–H groups in total. The SMILES string of the molecule is COc1ccc2nc(S(=O)Cc3ncc(C)c(OC)c3C)n(S(=O)(=O)c3ccccc3OCCN(C)C)c2c1. The predicted molar refractivity (Wildman–Crippen MR) is 150 cm³/mol. The summed E-state index contributed by atoms with van der Waals surface area (Å²) in [5.41, 5.74) is 2.71. The topological polar surface area (TPSA) is 113 Å². The number of methoxy groups -OCH3 is 2. The number of para-hydroxylation sites is 1. The number of rotatable bonds is 11. The summed E-state index contributed by atoms with van der Waals surface area (Å²) in [4.78, 5) is 10.8. The van der Waals surface area contributed by atoms with Crippen molar-refractivity contribution >= 4 is 31.9 Å². The van der Waals surface area contributed by atoms with Crippen molar-refractivity contribution in [3.05, 3.63) is 65.5 Å². The van der Waals surface area contributed by atoms with Crippen LogP contribution in [0.3, 0.4) is 0 Å². The average molecular weight is 573 g/mol. The molecule has 0 saturated heterocycles. The minimum absolute atomic E-state index is 0.0561. The molecular formula is C27H32N4O6S2. The molecule has 1 atom stereocenters. The van der Waals surface area contributed by atoms with Gasteiger partial charge in [0, 0.05) is 29.9 Å². The Kier molecular flexibility index (Phi) is 8.57. The first kappa shape index (κ1) is 28.5. The van der Waals surface area contributed by atoms with Crippen molar-refractivity contribution in [1.29, 1.82) is 0 Å². The number of ether oxygens (including phenoxy) is 3. The molecule has 0 amide bonds. The van der Waals surface area contributed by atoms with Crippen LogP contribution in [0, 0.1) is 13.8 Å². The molecule has 0 aliphatic rings. The molecule has 0 spiro atoms. The van der Waals surface area contributed by atoms with Crippen LogP contribution in [-0.2, 0) is 26.6 Å². The highest BCUT2D eigenvalue weighted by atomic mass is 32.2. The Morgan fingerprint density at radius 3 is 2.49 bits per heavy atom. The lowest BCUT2D eigenvalue weighted by Crippen LogP contribution is -2.21. The van der Waals surface area contributed by atoms with Gasteiger partial charge in [-0.3, -0.25) is 9.19 Å². The lowest BCUT2D eigenvalue weighted by molar-refractivity contribution is 0.256. The van der Waals surface area contributed by atoms with Crippen molar-refractivity contribution in [3.8, 4) is 17.2 Å². The van der Waals surface area contributed by atoms with E-state index in [2.05, 4.69) is 9.97 Å². The third kappa shape index (κ3) is 5.77. The minimum atomic E-state index is -4.30. The highest BCUT2D eigenvalue weighted by Gasteiger charge is 2.30. The fourth-order valence-corrected chi connectivity index (χ4v) is 7.31. The van der Waals surface area contributed by atoms with Gasteiger partial charge in [-0.2, -0.15) is 0 Å². The van der Waals surface area contributed by atoms with E-state index in [9.17, 15) is 12.6 Å². The summed E-state index contributed by atoms with van der Waals surface area (Å²) in [5.74, 6) is 1.22. The highest BCUT2D eigenvalue weighted by molar-refractivity contribution is 7.91. The molecule has 12 heteroatoms. The van der Waals surface area contributed by atoms with E-state index >= 15 is 0 Å². The lowest BCUT2D eigenvalue weighted by atomic mass is 10.1. The number of pyridine rings is 1. The molecule has 2 heterocycles. The average Bonchev–Trinajstić information content (AvgIpc) is 3.30. The Morgan fingerprint density at radius 1 is 1.05 bits per heavy atom. The van der Waals surface area contributed by atoms with Crippen LogP contribution in [-0.4, -0.2) is 72.9 Å². The normalized spacial score (nSPS) is 12.6. The second kappa shape index (κ2) is 11.7. The Balaban J connectivity index is 1.86. The van der Waals surface area contributed by atoms with E-state index in [-0.39, 0.29) is 33.7 Å². The van der Waals surface area contributed by atoms with E-state index in [4.69, 9.17) is 14.2 Å². The van der Waals surface area contributed by atoms with Crippen molar-refractivity contribution in [1.82, 2.24) is 18.8 Å². The molecule has 2 aromatic heterocycles. The van der Waals surface area contributed by atoms with Gasteiger partial charge in [0.2, 0.25) is 5.16 Å². The first-order valence-corrected chi connectivity index (χ1v) is 14.9. The van der Waals surface area contributed by atoms with Crippen molar-refractivity contribution in [3.63, 3.8) is 0 Å². The molecule has 0 bridgehead atoms. The molecule has 208 valence electrons. The van der Waals surface area contributed by atoms with Crippen molar-refractivity contribution < 1.29 is 26.8 Å². The van der Waals surface area contributed by atoms with Gasteiger partial charge in [0.15, 0.2) is 0 Å². The molecule has 1 unspecified atom stereocenters. The summed E-state index contributed by atoms with van der Waals surface area (Å²) in [5, 5.41) is -0.123. The maximum Gasteiger partial charge on any atom is 0.274 e. The van der Waals surface area contributed by atoms with Crippen LogP contribution in [0.15, 0.2) is 58.7 Å². The number of nitrogens with zero attached hydrogens (tertiary/aromatic N) is 4. The van der Waals surface area contributed by atoms with Crippen LogP contribution in [0.5, 0.6) is 17.2 Å². The standard InChI is InChI=1S/C27H32N4O6S2/c1-18-16-28-22(19(2)26(18)36-6)17-38(32)27-29-21-12-11-20(35-5)15-23(21)31(27)39(33,34)25-10-8-7-9-24(25)37-14-13-30(3)4/h7-12,15-16H,13-14,17H2,1-6H3. The van der Waals surface area contributed by atoms with Crippen LogP contribution in [0.2, 0.25) is 0 Å². The quantitative estimate of drug-likeness (QED) is 0.266. The molecule has 0 saturated carbocycles. The first-order chi connectivity index (χ1) is 18.6. The number of aromatic nitrogens is 3. The number of hydrogen-bond donors (Lipinski definition) is 0. The van der Waals surface area contributed by atoms with Crippen LogP contribution in [0.4, 0.5) is 0 Å². The van der Waals surface area contributed by atoms with Crippen LogP contribution >= 0.6 is 0 Å². The van der Waals surface area contributed by atoms with Gasteiger partial charge in [-0.15, -0.1) is 0 Å². The Morgan fingerprint density at radius 2 is 1.79 bits per heavy atom. The monoisotopic (exact) mass is 572 g/mol. The van der Waals surface area contributed by atoms with Crippen LogP contribution in [0.25, 0.3) is 11.0 Å². The molecular weight excluding hydrogens is 540 g/mol. The number of hydrogen-bond acceptors (Lipinski definition) is 9. The third-order valence-corrected chi connectivity index (χ3v) is 9.25. The number of imidazole rings is 1. The van der Waals surface area contributed by atoms with Crippen LogP contribution < -0.4 is 14.2 Å². The van der Waals surface area contributed by atoms with Gasteiger partial charge in [-0.05, 0) is 52.2 Å². The fourth-order valence-electron chi connectivity index (χ4n) is 4.14. The van der Waals surface area contributed by atoms with Gasteiger partial charge in [0.05, 0.1) is 47.5 Å². The van der Waals surface area contributed by atoms with Gasteiger partial charge in [-0.1, -0.05) is 12.1 Å². The molecule has 0 fully saturated rings. The molecule has 4 rings (SSSR count). The summed E-state index contributed by atoms with van der Waals surface area (Å²) >= 11 is 0. The second-order valence-corrected chi connectivity index (χ2v) is 12.3. The molecule has 0 aliphatic carbocycles. The van der Waals surface area contributed by atoms with Crippen LogP contribution in [0.1, 0.15) is 16.8 Å². The van der Waals surface area contributed by atoms with E-state index < -0.39 is 20.8 Å². The molecule has 2 aromatic carbocycles. The van der Waals surface area contributed by atoms with E-state index in [0.29, 0.717) is 29.3 Å². The summed E-state index contributed by atoms with van der Waals surface area (Å²) in [6.07, 6.45) is 1.64. The summed E-state index contributed by atoms with van der Waals surface area (Å²) < 4.78 is 60.0. The number of likely N-dealkylation sites (N-methyl/N-ethyl adjacent to an activating group) is 1. The maximum absolute atomic E-state index is 14.2. The van der Waals surface area contributed by atoms with E-state index in [1.54, 1.807) is 49.7 Å². The van der Waals surface area contributed by atoms with Gasteiger partial charge in [0.1, 0.15) is 28.8 Å². The molecule has 0 radical (unpaired) electrons. The van der Waals surface area contributed by atoms with E-state index in [0.717, 1.165) is 15.1 Å². The smallest absolute Gasteiger partial charge is 0.274 e. The maximum atomic E-state index is 14.2. The van der Waals surface area contributed by atoms with Gasteiger partial charge < -0.3 is 19.1 Å². The number of benzene rings is 2. The Bertz CT molecular complexity index is 1630. The molecule has 4 aromatic rings. The molecule has 39 heavy (non-hydrogen) atoms. The fraction of sp³-hybridized carbons (Fsp3) is 0.333. The molecule has 0 aliphatic heterocycles. The second-order valence-electron chi connectivity index (χ2n) is 9.15. The molecule has 10 nitrogen and oxygen atoms in total. The van der Waals surface area contributed by atoms with E-state index in [1.165, 1.54) is 13.2 Å². The minimum Gasteiger partial charge on any atom is -0.497 e. The number of aryl methyl sites for hydroxylation is 1. The van der Waals surface area contributed by atoms with Gasteiger partial charge in [0.25, 0.3) is 10.0 Å². The summed E-state index contributed by atoms with van der Waals surface area (Å²) in [7, 11) is 0.664. The zero-order valence-electron chi connectivity index (χ0n) is 22.8. The summed E-state index contributed by atoms with van der Waals surface area (Å²) in [6.45, 7) is 4.59. The Labute approximate surface area is 231 Å². The highest BCUT2D eigenvalue weighted by Crippen LogP contribution is 2.33. The number of fused-ring (bicyclic) bond motifs is 1. The Hall–Kier alpha value is -3.48. The predicted octanol–water partition coefficient (Wildman–Crippen LogP) is 3.55. The largest absolute Gasteiger partial charge is 0.497 e. The van der Waals surface area contributed by atoms with Crippen molar-refractivity contribution in [2.45, 2.75) is 29.7 Å². The van der Waals surface area contributed by atoms with Crippen molar-refractivity contribution in [2.24, 2.45) is 0 Å². The first-order valence-electron chi connectivity index (χ1n) is 12.1. The van der Waals surface area contributed by atoms with E-state index in [1.807, 2.05) is 32.8 Å². The zero-order valence-corrected chi connectivity index (χ0v) is 24.4. The summed E-state index contributed by atoms with van der Waals surface area (Å²) in [6, 6.07) is 11.3.